The molecule has 0 aromatic carbocycles. The summed E-state index contributed by atoms with van der Waals surface area (Å²) in [6.07, 6.45) is 7.54. The summed E-state index contributed by atoms with van der Waals surface area (Å²) in [6.45, 7) is 5.03. The van der Waals surface area contributed by atoms with E-state index in [0.717, 1.165) is 43.7 Å². The highest BCUT2D eigenvalue weighted by Crippen LogP contribution is 2.31. The van der Waals surface area contributed by atoms with Crippen LogP contribution in [0.1, 0.15) is 44.9 Å². The second-order valence-electron chi connectivity index (χ2n) is 6.62. The van der Waals surface area contributed by atoms with Crippen molar-refractivity contribution < 1.29 is 0 Å². The lowest BCUT2D eigenvalue weighted by Crippen LogP contribution is -2.46. The van der Waals surface area contributed by atoms with Crippen molar-refractivity contribution in [2.75, 3.05) is 24.5 Å². The summed E-state index contributed by atoms with van der Waals surface area (Å²) in [5, 5.41) is 7.51. The lowest BCUT2D eigenvalue weighted by atomic mass is 9.82. The fourth-order valence-corrected chi connectivity index (χ4v) is 3.14. The molecule has 3 rings (SSSR count). The van der Waals surface area contributed by atoms with Gasteiger partial charge in [-0.05, 0) is 30.7 Å². The standard InChI is InChI=1S/C14H25N5/c1-14(9-15)6-3-7-19(10-14)13-16-12(17-18-13)8-11-4-2-5-11/h11H,2-10,15H2,1H3,(H,16,17,18). The molecule has 1 saturated carbocycles. The van der Waals surface area contributed by atoms with Crippen molar-refractivity contribution >= 4 is 5.95 Å². The zero-order valence-electron chi connectivity index (χ0n) is 11.9. The molecule has 5 nitrogen and oxygen atoms in total. The average molecular weight is 263 g/mol. The number of piperidine rings is 1. The van der Waals surface area contributed by atoms with Gasteiger partial charge in [0.25, 0.3) is 0 Å². The highest BCUT2D eigenvalue weighted by atomic mass is 15.4. The van der Waals surface area contributed by atoms with Crippen molar-refractivity contribution in [3.63, 3.8) is 0 Å². The first-order chi connectivity index (χ1) is 9.18. The third kappa shape index (κ3) is 2.76. The summed E-state index contributed by atoms with van der Waals surface area (Å²) in [5.41, 5.74) is 6.11. The summed E-state index contributed by atoms with van der Waals surface area (Å²) in [4.78, 5) is 6.96. The van der Waals surface area contributed by atoms with Gasteiger partial charge in [-0.25, -0.2) is 0 Å². The normalized spacial score (nSPS) is 28.4. The second kappa shape index (κ2) is 5.12. The van der Waals surface area contributed by atoms with Crippen molar-refractivity contribution in [1.29, 1.82) is 0 Å². The summed E-state index contributed by atoms with van der Waals surface area (Å²) < 4.78 is 0. The number of nitrogens with two attached hydrogens (primary N) is 1. The molecule has 1 aromatic heterocycles. The van der Waals surface area contributed by atoms with Gasteiger partial charge in [-0.15, -0.1) is 5.10 Å². The van der Waals surface area contributed by atoms with Crippen LogP contribution in [0.2, 0.25) is 0 Å². The fourth-order valence-electron chi connectivity index (χ4n) is 3.14. The maximum atomic E-state index is 5.90. The number of rotatable bonds is 4. The van der Waals surface area contributed by atoms with Crippen LogP contribution in [-0.2, 0) is 6.42 Å². The van der Waals surface area contributed by atoms with Gasteiger partial charge in [0, 0.05) is 19.5 Å². The Morgan fingerprint density at radius 3 is 2.95 bits per heavy atom. The third-order valence-electron chi connectivity index (χ3n) is 4.78. The molecule has 1 aliphatic heterocycles. The number of nitrogens with one attached hydrogen (secondary N) is 1. The summed E-state index contributed by atoms with van der Waals surface area (Å²) in [7, 11) is 0. The molecule has 1 unspecified atom stereocenters. The molecule has 0 amide bonds. The van der Waals surface area contributed by atoms with E-state index in [1.54, 1.807) is 0 Å². The summed E-state index contributed by atoms with van der Waals surface area (Å²) >= 11 is 0. The Kier molecular flexibility index (Phi) is 3.48. The van der Waals surface area contributed by atoms with Crippen LogP contribution in [0.15, 0.2) is 0 Å². The van der Waals surface area contributed by atoms with E-state index in [2.05, 4.69) is 27.0 Å². The lowest BCUT2D eigenvalue weighted by molar-refractivity contribution is 0.270. The number of anilines is 1. The van der Waals surface area contributed by atoms with E-state index in [9.17, 15) is 0 Å². The smallest absolute Gasteiger partial charge is 0.244 e. The molecular weight excluding hydrogens is 238 g/mol. The molecular formula is C14H25N5. The molecule has 1 aromatic rings. The maximum Gasteiger partial charge on any atom is 0.244 e. The van der Waals surface area contributed by atoms with E-state index < -0.39 is 0 Å². The number of aromatic nitrogens is 3. The molecule has 19 heavy (non-hydrogen) atoms. The minimum absolute atomic E-state index is 0.215. The quantitative estimate of drug-likeness (QED) is 0.867. The minimum atomic E-state index is 0.215. The van der Waals surface area contributed by atoms with Crippen LogP contribution >= 0.6 is 0 Å². The highest BCUT2D eigenvalue weighted by molar-refractivity contribution is 5.30. The van der Waals surface area contributed by atoms with Crippen LogP contribution < -0.4 is 10.6 Å². The van der Waals surface area contributed by atoms with E-state index in [1.165, 1.54) is 32.1 Å². The van der Waals surface area contributed by atoms with Gasteiger partial charge in [-0.2, -0.15) is 4.98 Å². The van der Waals surface area contributed by atoms with E-state index in [0.29, 0.717) is 0 Å². The first-order valence-corrected chi connectivity index (χ1v) is 7.55. The van der Waals surface area contributed by atoms with Gasteiger partial charge in [0.1, 0.15) is 5.82 Å². The van der Waals surface area contributed by atoms with Gasteiger partial charge in [0.05, 0.1) is 0 Å². The third-order valence-corrected chi connectivity index (χ3v) is 4.78. The summed E-state index contributed by atoms with van der Waals surface area (Å²) in [5.74, 6) is 2.75. The van der Waals surface area contributed by atoms with Gasteiger partial charge in [0.2, 0.25) is 5.95 Å². The molecule has 0 spiro atoms. The zero-order valence-corrected chi connectivity index (χ0v) is 11.9. The largest absolute Gasteiger partial charge is 0.339 e. The number of hydrogen-bond acceptors (Lipinski definition) is 4. The van der Waals surface area contributed by atoms with Crippen molar-refractivity contribution in [3.05, 3.63) is 5.82 Å². The Bertz CT molecular complexity index is 425. The average Bonchev–Trinajstić information content (AvgIpc) is 2.83. The van der Waals surface area contributed by atoms with Crippen LogP contribution in [0.25, 0.3) is 0 Å². The highest BCUT2D eigenvalue weighted by Gasteiger charge is 2.31. The van der Waals surface area contributed by atoms with Gasteiger partial charge in [-0.3, -0.25) is 5.10 Å². The van der Waals surface area contributed by atoms with Crippen molar-refractivity contribution in [3.8, 4) is 0 Å². The molecule has 1 saturated heterocycles. The van der Waals surface area contributed by atoms with Crippen molar-refractivity contribution in [1.82, 2.24) is 15.2 Å². The lowest BCUT2D eigenvalue weighted by Gasteiger charge is -2.39. The van der Waals surface area contributed by atoms with Gasteiger partial charge >= 0.3 is 0 Å². The van der Waals surface area contributed by atoms with Crippen LogP contribution in [0.4, 0.5) is 5.95 Å². The molecule has 0 radical (unpaired) electrons. The Morgan fingerprint density at radius 2 is 2.26 bits per heavy atom. The molecule has 3 N–H and O–H groups in total. The Morgan fingerprint density at radius 1 is 1.42 bits per heavy atom. The van der Waals surface area contributed by atoms with E-state index in [4.69, 9.17) is 5.73 Å². The molecule has 5 heteroatoms. The SMILES string of the molecule is CC1(CN)CCCN(c2n[nH]c(CC3CCC3)n2)C1. The molecule has 1 atom stereocenters. The van der Waals surface area contributed by atoms with Crippen LogP contribution in [0, 0.1) is 11.3 Å². The Labute approximate surface area is 115 Å². The summed E-state index contributed by atoms with van der Waals surface area (Å²) in [6, 6.07) is 0. The number of nitrogens with zero attached hydrogens (tertiary/aromatic N) is 3. The first kappa shape index (κ1) is 12.9. The number of aromatic amines is 1. The molecule has 0 bridgehead atoms. The molecule has 2 fully saturated rings. The zero-order chi connectivity index (χ0) is 13.3. The predicted octanol–water partition coefficient (Wildman–Crippen LogP) is 1.71. The van der Waals surface area contributed by atoms with E-state index in [-0.39, 0.29) is 5.41 Å². The number of H-pyrrole nitrogens is 1. The fraction of sp³-hybridized carbons (Fsp3) is 0.857. The molecule has 1 aliphatic carbocycles. The monoisotopic (exact) mass is 263 g/mol. The predicted molar refractivity (Wildman–Crippen MR) is 76.0 cm³/mol. The topological polar surface area (TPSA) is 70.8 Å². The van der Waals surface area contributed by atoms with Gasteiger partial charge in [-0.1, -0.05) is 26.2 Å². The van der Waals surface area contributed by atoms with Crippen molar-refractivity contribution in [2.45, 2.75) is 45.4 Å². The Hall–Kier alpha value is -1.10. The number of hydrogen-bond donors (Lipinski definition) is 2. The van der Waals surface area contributed by atoms with Crippen LogP contribution in [0.3, 0.4) is 0 Å². The molecule has 2 aliphatic rings. The molecule has 2 heterocycles. The van der Waals surface area contributed by atoms with E-state index in [1.807, 2.05) is 0 Å². The van der Waals surface area contributed by atoms with Gasteiger partial charge in [0.15, 0.2) is 0 Å². The Balaban J connectivity index is 1.64. The van der Waals surface area contributed by atoms with Crippen LogP contribution in [0.5, 0.6) is 0 Å². The maximum absolute atomic E-state index is 5.90. The first-order valence-electron chi connectivity index (χ1n) is 7.55. The molecule has 106 valence electrons. The minimum Gasteiger partial charge on any atom is -0.339 e. The second-order valence-corrected chi connectivity index (χ2v) is 6.62. The van der Waals surface area contributed by atoms with Crippen LogP contribution in [-0.4, -0.2) is 34.8 Å². The van der Waals surface area contributed by atoms with Gasteiger partial charge < -0.3 is 10.6 Å². The van der Waals surface area contributed by atoms with Crippen molar-refractivity contribution in [2.24, 2.45) is 17.1 Å². The van der Waals surface area contributed by atoms with E-state index >= 15 is 0 Å².